The van der Waals surface area contributed by atoms with Crippen LogP contribution in [0.3, 0.4) is 0 Å². The molecular weight excluding hydrogens is 280 g/mol. The molecule has 0 aliphatic carbocycles. The molecule has 2 rings (SSSR count). The number of ether oxygens (including phenoxy) is 2. The lowest BCUT2D eigenvalue weighted by atomic mass is 10.1. The van der Waals surface area contributed by atoms with Crippen molar-refractivity contribution in [2.75, 3.05) is 21.3 Å². The summed E-state index contributed by atoms with van der Waals surface area (Å²) in [5, 5.41) is 0. The van der Waals surface area contributed by atoms with Gasteiger partial charge in [-0.3, -0.25) is 4.79 Å². The van der Waals surface area contributed by atoms with Gasteiger partial charge in [-0.15, -0.1) is 0 Å². The number of hydrogen-bond donors (Lipinski definition) is 0. The van der Waals surface area contributed by atoms with Crippen LogP contribution in [0.15, 0.2) is 42.6 Å². The smallest absolute Gasteiger partial charge is 0.227 e. The highest BCUT2D eigenvalue weighted by Gasteiger charge is 2.15. The van der Waals surface area contributed by atoms with Gasteiger partial charge in [0.15, 0.2) is 0 Å². The van der Waals surface area contributed by atoms with E-state index in [0.717, 1.165) is 16.9 Å². The van der Waals surface area contributed by atoms with Crippen LogP contribution in [0.25, 0.3) is 0 Å². The van der Waals surface area contributed by atoms with Crippen molar-refractivity contribution in [3.8, 4) is 11.6 Å². The number of aromatic nitrogens is 1. The monoisotopic (exact) mass is 300 g/mol. The zero-order valence-electron chi connectivity index (χ0n) is 13.1. The summed E-state index contributed by atoms with van der Waals surface area (Å²) in [5.41, 5.74) is 1.75. The van der Waals surface area contributed by atoms with Crippen molar-refractivity contribution in [2.24, 2.45) is 0 Å². The Morgan fingerprint density at radius 2 is 1.82 bits per heavy atom. The number of likely N-dealkylation sites (N-methyl/N-ethyl adjacent to an activating group) is 1. The molecule has 1 aromatic heterocycles. The number of hydrogen-bond acceptors (Lipinski definition) is 4. The minimum absolute atomic E-state index is 0.00964. The van der Waals surface area contributed by atoms with Gasteiger partial charge in [0.2, 0.25) is 11.8 Å². The first kappa shape index (κ1) is 15.8. The molecule has 0 atom stereocenters. The summed E-state index contributed by atoms with van der Waals surface area (Å²) in [5.74, 6) is 1.28. The van der Waals surface area contributed by atoms with Crippen LogP contribution in [-0.4, -0.2) is 37.1 Å². The lowest BCUT2D eigenvalue weighted by Crippen LogP contribution is -2.28. The van der Waals surface area contributed by atoms with Gasteiger partial charge in [0.25, 0.3) is 0 Å². The first-order valence-corrected chi connectivity index (χ1v) is 6.99. The molecule has 0 N–H and O–H groups in total. The van der Waals surface area contributed by atoms with Gasteiger partial charge in [-0.05, 0) is 12.1 Å². The molecular formula is C17H20N2O3. The molecule has 0 bridgehead atoms. The Hall–Kier alpha value is -2.56. The molecule has 116 valence electrons. The first-order valence-electron chi connectivity index (χ1n) is 6.99. The maximum atomic E-state index is 12.4. The minimum Gasteiger partial charge on any atom is -0.496 e. The Kier molecular flexibility index (Phi) is 5.36. The Morgan fingerprint density at radius 1 is 1.09 bits per heavy atom. The summed E-state index contributed by atoms with van der Waals surface area (Å²) in [6.07, 6.45) is 1.96. The van der Waals surface area contributed by atoms with Crippen molar-refractivity contribution in [1.29, 1.82) is 0 Å². The normalized spacial score (nSPS) is 10.1. The molecule has 1 heterocycles. The first-order chi connectivity index (χ1) is 10.7. The predicted molar refractivity (Wildman–Crippen MR) is 84.0 cm³/mol. The largest absolute Gasteiger partial charge is 0.496 e. The van der Waals surface area contributed by atoms with E-state index in [9.17, 15) is 4.79 Å². The standard InChI is InChI=1S/C17H20N2O3/c1-19(12-14-8-6-10-18-17(14)22-3)16(20)11-13-7-4-5-9-15(13)21-2/h4-10H,11-12H2,1-3H3. The summed E-state index contributed by atoms with van der Waals surface area (Å²) in [7, 11) is 4.94. The third-order valence-corrected chi connectivity index (χ3v) is 3.41. The van der Waals surface area contributed by atoms with Crippen LogP contribution in [0.4, 0.5) is 0 Å². The van der Waals surface area contributed by atoms with Crippen molar-refractivity contribution < 1.29 is 14.3 Å². The van der Waals surface area contributed by atoms with Crippen LogP contribution < -0.4 is 9.47 Å². The molecule has 0 spiro atoms. The van der Waals surface area contributed by atoms with E-state index in [1.54, 1.807) is 32.4 Å². The van der Waals surface area contributed by atoms with E-state index in [1.165, 1.54) is 0 Å². The lowest BCUT2D eigenvalue weighted by Gasteiger charge is -2.19. The van der Waals surface area contributed by atoms with Crippen LogP contribution in [0, 0.1) is 0 Å². The van der Waals surface area contributed by atoms with E-state index < -0.39 is 0 Å². The van der Waals surface area contributed by atoms with Gasteiger partial charge in [0.1, 0.15) is 5.75 Å². The van der Waals surface area contributed by atoms with Gasteiger partial charge in [0, 0.05) is 24.4 Å². The number of rotatable bonds is 6. The summed E-state index contributed by atoms with van der Waals surface area (Å²) < 4.78 is 10.5. The fraction of sp³-hybridized carbons (Fsp3) is 0.294. The number of nitrogens with zero attached hydrogens (tertiary/aromatic N) is 2. The van der Waals surface area contributed by atoms with E-state index in [2.05, 4.69) is 4.98 Å². The van der Waals surface area contributed by atoms with E-state index in [-0.39, 0.29) is 5.91 Å². The maximum Gasteiger partial charge on any atom is 0.227 e. The average molecular weight is 300 g/mol. The molecule has 2 aromatic rings. The second kappa shape index (κ2) is 7.45. The summed E-state index contributed by atoms with van der Waals surface area (Å²) in [6.45, 7) is 0.449. The lowest BCUT2D eigenvalue weighted by molar-refractivity contribution is -0.129. The molecule has 22 heavy (non-hydrogen) atoms. The Bertz CT molecular complexity index is 643. The zero-order chi connectivity index (χ0) is 15.9. The third-order valence-electron chi connectivity index (χ3n) is 3.41. The molecule has 0 unspecified atom stereocenters. The maximum absolute atomic E-state index is 12.4. The molecule has 5 heteroatoms. The van der Waals surface area contributed by atoms with Crippen LogP contribution in [0.1, 0.15) is 11.1 Å². The second-order valence-corrected chi connectivity index (χ2v) is 4.91. The van der Waals surface area contributed by atoms with Gasteiger partial charge in [-0.25, -0.2) is 4.98 Å². The number of carbonyl (C=O) groups is 1. The third kappa shape index (κ3) is 3.75. The molecule has 0 fully saturated rings. The van der Waals surface area contributed by atoms with Crippen LogP contribution >= 0.6 is 0 Å². The summed E-state index contributed by atoms with van der Waals surface area (Å²) in [6, 6.07) is 11.3. The number of amides is 1. The van der Waals surface area contributed by atoms with Crippen molar-refractivity contribution >= 4 is 5.91 Å². The molecule has 0 aliphatic heterocycles. The summed E-state index contributed by atoms with van der Waals surface area (Å²) >= 11 is 0. The van der Waals surface area contributed by atoms with Crippen molar-refractivity contribution in [3.05, 3.63) is 53.7 Å². The van der Waals surface area contributed by atoms with Gasteiger partial charge in [-0.2, -0.15) is 0 Å². The van der Waals surface area contributed by atoms with Crippen LogP contribution in [0.2, 0.25) is 0 Å². The molecule has 1 aromatic carbocycles. The number of methoxy groups -OCH3 is 2. The molecule has 0 saturated heterocycles. The number of carbonyl (C=O) groups excluding carboxylic acids is 1. The Labute approximate surface area is 130 Å². The number of benzene rings is 1. The van der Waals surface area contributed by atoms with Crippen molar-refractivity contribution in [3.63, 3.8) is 0 Å². The second-order valence-electron chi connectivity index (χ2n) is 4.91. The van der Waals surface area contributed by atoms with Gasteiger partial charge in [0.05, 0.1) is 27.2 Å². The molecule has 5 nitrogen and oxygen atoms in total. The highest BCUT2D eigenvalue weighted by Crippen LogP contribution is 2.20. The van der Waals surface area contributed by atoms with E-state index in [4.69, 9.17) is 9.47 Å². The minimum atomic E-state index is 0.00964. The molecule has 0 saturated carbocycles. The van der Waals surface area contributed by atoms with E-state index in [1.807, 2.05) is 36.4 Å². The quantitative estimate of drug-likeness (QED) is 0.821. The number of pyridine rings is 1. The number of para-hydroxylation sites is 1. The van der Waals surface area contributed by atoms with Gasteiger partial charge in [-0.1, -0.05) is 24.3 Å². The van der Waals surface area contributed by atoms with E-state index >= 15 is 0 Å². The van der Waals surface area contributed by atoms with Crippen molar-refractivity contribution in [1.82, 2.24) is 9.88 Å². The summed E-state index contributed by atoms with van der Waals surface area (Å²) in [4.78, 5) is 18.2. The van der Waals surface area contributed by atoms with Gasteiger partial charge >= 0.3 is 0 Å². The molecule has 1 amide bonds. The Balaban J connectivity index is 2.06. The fourth-order valence-electron chi connectivity index (χ4n) is 2.22. The highest BCUT2D eigenvalue weighted by atomic mass is 16.5. The molecule has 0 aliphatic rings. The van der Waals surface area contributed by atoms with E-state index in [0.29, 0.717) is 18.8 Å². The topological polar surface area (TPSA) is 51.7 Å². The molecule has 0 radical (unpaired) electrons. The van der Waals surface area contributed by atoms with Crippen LogP contribution in [0.5, 0.6) is 11.6 Å². The van der Waals surface area contributed by atoms with Crippen molar-refractivity contribution in [2.45, 2.75) is 13.0 Å². The Morgan fingerprint density at radius 3 is 2.55 bits per heavy atom. The highest BCUT2D eigenvalue weighted by molar-refractivity contribution is 5.79. The zero-order valence-corrected chi connectivity index (χ0v) is 13.1. The average Bonchev–Trinajstić information content (AvgIpc) is 2.55. The fourth-order valence-corrected chi connectivity index (χ4v) is 2.22. The SMILES string of the molecule is COc1ccccc1CC(=O)N(C)Cc1cccnc1OC. The van der Waals surface area contributed by atoms with Crippen LogP contribution in [-0.2, 0) is 17.8 Å². The predicted octanol–water partition coefficient (Wildman–Crippen LogP) is 2.30. The van der Waals surface area contributed by atoms with Gasteiger partial charge < -0.3 is 14.4 Å².